The van der Waals surface area contributed by atoms with E-state index in [-0.39, 0.29) is 29.5 Å². The highest BCUT2D eigenvalue weighted by Crippen LogP contribution is 2.43. The van der Waals surface area contributed by atoms with Crippen molar-refractivity contribution in [2.75, 3.05) is 30.9 Å². The average molecular weight is 453 g/mol. The molecule has 0 aliphatic carbocycles. The molecule has 1 atom stereocenters. The van der Waals surface area contributed by atoms with Gasteiger partial charge in [0.05, 0.1) is 18.1 Å². The smallest absolute Gasteiger partial charge is 0.338 e. The van der Waals surface area contributed by atoms with Crippen LogP contribution < -0.4 is 10.2 Å². The van der Waals surface area contributed by atoms with Gasteiger partial charge < -0.3 is 20.1 Å². The van der Waals surface area contributed by atoms with Crippen molar-refractivity contribution in [3.63, 3.8) is 0 Å². The topological polar surface area (TPSA) is 132 Å². The fourth-order valence-electron chi connectivity index (χ4n) is 3.64. The Bertz CT molecular complexity index is 1150. The molecule has 0 fully saturated rings. The van der Waals surface area contributed by atoms with Gasteiger partial charge in [-0.3, -0.25) is 9.89 Å². The number of carbonyl (C=O) groups excluding carboxylic acids is 2. The van der Waals surface area contributed by atoms with E-state index in [1.807, 2.05) is 50.2 Å². The molecule has 33 heavy (non-hydrogen) atoms. The number of aromatic amines is 1. The third-order valence-electron chi connectivity index (χ3n) is 5.23. The van der Waals surface area contributed by atoms with Crippen LogP contribution >= 0.6 is 0 Å². The van der Waals surface area contributed by atoms with E-state index in [4.69, 9.17) is 4.74 Å². The minimum atomic E-state index is -0.569. The minimum Gasteiger partial charge on any atom is -0.510 e. The summed E-state index contributed by atoms with van der Waals surface area (Å²) in [6.45, 7) is 6.37. The van der Waals surface area contributed by atoms with Gasteiger partial charge in [-0.05, 0) is 38.5 Å². The number of esters is 1. The predicted octanol–water partition coefficient (Wildman–Crippen LogP) is 3.95. The number of ketones is 1. The van der Waals surface area contributed by atoms with Crippen LogP contribution in [-0.4, -0.2) is 47.8 Å². The molecule has 0 radical (unpaired) electrons. The number of H-pyrrole nitrogens is 1. The lowest BCUT2D eigenvalue weighted by Crippen LogP contribution is -2.25. The Morgan fingerprint density at radius 3 is 2.42 bits per heavy atom. The van der Waals surface area contributed by atoms with Gasteiger partial charge in [0.2, 0.25) is 0 Å². The second-order valence-electron chi connectivity index (χ2n) is 7.83. The number of hydrogen-bond acceptors (Lipinski definition) is 9. The van der Waals surface area contributed by atoms with Gasteiger partial charge in [-0.2, -0.15) is 5.10 Å². The summed E-state index contributed by atoms with van der Waals surface area (Å²) < 4.78 is 5.35. The number of azo groups is 1. The first-order chi connectivity index (χ1) is 15.6. The Morgan fingerprint density at radius 2 is 1.88 bits per heavy atom. The molecule has 0 saturated carbocycles. The largest absolute Gasteiger partial charge is 0.510 e. The highest BCUT2D eigenvalue weighted by atomic mass is 16.5. The maximum Gasteiger partial charge on any atom is 0.338 e. The number of rotatable bonds is 7. The van der Waals surface area contributed by atoms with Gasteiger partial charge in [0.25, 0.3) is 0 Å². The Kier molecular flexibility index (Phi) is 6.95. The van der Waals surface area contributed by atoms with Gasteiger partial charge in [0.1, 0.15) is 5.76 Å². The van der Waals surface area contributed by atoms with Crippen LogP contribution in [0.2, 0.25) is 0 Å². The molecule has 1 aromatic heterocycles. The molecule has 1 aliphatic rings. The summed E-state index contributed by atoms with van der Waals surface area (Å²) in [6.07, 6.45) is 0. The maximum atomic E-state index is 13.1. The highest BCUT2D eigenvalue weighted by molar-refractivity contribution is 5.95. The van der Waals surface area contributed by atoms with Crippen LogP contribution in [0, 0.1) is 6.92 Å². The van der Waals surface area contributed by atoms with Gasteiger partial charge in [0.15, 0.2) is 23.1 Å². The molecule has 1 unspecified atom stereocenters. The van der Waals surface area contributed by atoms with Crippen molar-refractivity contribution >= 4 is 23.3 Å². The molecule has 0 amide bonds. The third kappa shape index (κ3) is 4.79. The summed E-state index contributed by atoms with van der Waals surface area (Å²) in [5.41, 5.74) is 3.44. The number of hydrogen-bond donors (Lipinski definition) is 3. The van der Waals surface area contributed by atoms with Crippen molar-refractivity contribution < 1.29 is 19.4 Å². The van der Waals surface area contributed by atoms with Crippen molar-refractivity contribution in [2.24, 2.45) is 10.2 Å². The highest BCUT2D eigenvalue weighted by Gasteiger charge is 2.37. The number of allylic oxidation sites excluding steroid dienone is 2. The lowest BCUT2D eigenvalue weighted by Gasteiger charge is -2.27. The number of carbonyl (C=O) groups is 2. The van der Waals surface area contributed by atoms with Crippen molar-refractivity contribution in [3.05, 3.63) is 63.9 Å². The van der Waals surface area contributed by atoms with Crippen LogP contribution in [0.15, 0.2) is 57.3 Å². The first-order valence-corrected chi connectivity index (χ1v) is 10.5. The number of nitrogens with one attached hydrogen (secondary N) is 2. The Balaban J connectivity index is 2.23. The van der Waals surface area contributed by atoms with E-state index in [1.54, 1.807) is 6.92 Å². The molecule has 0 spiro atoms. The molecule has 2 aromatic rings. The number of nitrogens with zero attached hydrogens (tertiary/aromatic N) is 4. The maximum absolute atomic E-state index is 13.1. The van der Waals surface area contributed by atoms with Crippen LogP contribution in [0.25, 0.3) is 0 Å². The number of Topliss-reactive ketones (excluding diaryl/α,β-unsaturated/α-hetero) is 1. The molecule has 10 heteroatoms. The van der Waals surface area contributed by atoms with Crippen LogP contribution in [0.4, 0.5) is 11.5 Å². The van der Waals surface area contributed by atoms with E-state index in [0.717, 1.165) is 22.5 Å². The first kappa shape index (κ1) is 23.7. The summed E-state index contributed by atoms with van der Waals surface area (Å²) in [5.74, 6) is -1.25. The standard InChI is InChI=1S/C23H28N6O4/c1-7-33-23(32)19-18(15-8-10-16(11-9-15)29(5)6)17-12(2)25-27-21(17)24-22(19)28-26-20(13(3)30)14(4)31/h8-11,18,30H,7H2,1-6H3,(H2,24,25,27)/b20-13+,28-26?. The first-order valence-electron chi connectivity index (χ1n) is 10.5. The quantitative estimate of drug-likeness (QED) is 0.251. The van der Waals surface area contributed by atoms with Crippen molar-refractivity contribution in [1.29, 1.82) is 0 Å². The number of fused-ring (bicyclic) bond motifs is 1. The summed E-state index contributed by atoms with van der Waals surface area (Å²) >= 11 is 0. The fraction of sp³-hybridized carbons (Fsp3) is 0.348. The zero-order valence-electron chi connectivity index (χ0n) is 19.6. The molecule has 0 bridgehead atoms. The lowest BCUT2D eigenvalue weighted by molar-refractivity contribution is -0.138. The molecule has 2 heterocycles. The molecule has 0 saturated heterocycles. The van der Waals surface area contributed by atoms with E-state index < -0.39 is 17.7 Å². The molecule has 10 nitrogen and oxygen atoms in total. The van der Waals surface area contributed by atoms with Gasteiger partial charge in [0, 0.05) is 38.0 Å². The minimum absolute atomic E-state index is 0.0918. The second-order valence-corrected chi connectivity index (χ2v) is 7.83. The second kappa shape index (κ2) is 9.68. The normalized spacial score (nSPS) is 16.2. The SMILES string of the molecule is CCOC(=O)C1=C(N=N/C(C(C)=O)=C(\C)O)Nc2n[nH]c(C)c2C1c1ccc(N(C)C)cc1. The molecule has 174 valence electrons. The van der Waals surface area contributed by atoms with Gasteiger partial charge in [-0.25, -0.2) is 4.79 Å². The molecule has 3 rings (SSSR count). The van der Waals surface area contributed by atoms with E-state index in [2.05, 4.69) is 25.7 Å². The fourth-order valence-corrected chi connectivity index (χ4v) is 3.64. The molecule has 1 aromatic carbocycles. The van der Waals surface area contributed by atoms with Crippen molar-refractivity contribution in [2.45, 2.75) is 33.6 Å². The van der Waals surface area contributed by atoms with Gasteiger partial charge in [-0.1, -0.05) is 12.1 Å². The number of benzene rings is 1. The van der Waals surface area contributed by atoms with E-state index in [9.17, 15) is 14.7 Å². The Morgan fingerprint density at radius 1 is 1.21 bits per heavy atom. The summed E-state index contributed by atoms with van der Waals surface area (Å²) in [4.78, 5) is 26.9. The molecular formula is C23H28N6O4. The Labute approximate surface area is 192 Å². The number of anilines is 2. The third-order valence-corrected chi connectivity index (χ3v) is 5.23. The van der Waals surface area contributed by atoms with Crippen LogP contribution in [0.5, 0.6) is 0 Å². The lowest BCUT2D eigenvalue weighted by atomic mass is 9.82. The zero-order chi connectivity index (χ0) is 24.3. The molecule has 3 N–H and O–H groups in total. The van der Waals surface area contributed by atoms with Gasteiger partial charge >= 0.3 is 5.97 Å². The van der Waals surface area contributed by atoms with Crippen LogP contribution in [0.1, 0.15) is 43.5 Å². The monoisotopic (exact) mass is 452 g/mol. The number of ether oxygens (including phenoxy) is 1. The Hall–Kier alpha value is -3.95. The van der Waals surface area contributed by atoms with E-state index >= 15 is 0 Å². The molecular weight excluding hydrogens is 424 g/mol. The summed E-state index contributed by atoms with van der Waals surface area (Å²) in [7, 11) is 3.90. The van der Waals surface area contributed by atoms with E-state index in [1.165, 1.54) is 13.8 Å². The summed E-state index contributed by atoms with van der Waals surface area (Å²) in [6, 6.07) is 7.80. The number of aryl methyl sites for hydroxylation is 1. The number of aliphatic hydroxyl groups excluding tert-OH is 1. The zero-order valence-corrected chi connectivity index (χ0v) is 19.6. The van der Waals surface area contributed by atoms with Crippen LogP contribution in [-0.2, 0) is 14.3 Å². The number of aromatic nitrogens is 2. The predicted molar refractivity (Wildman–Crippen MR) is 124 cm³/mol. The summed E-state index contributed by atoms with van der Waals surface area (Å²) in [5, 5.41) is 28.1. The van der Waals surface area contributed by atoms with Crippen molar-refractivity contribution in [3.8, 4) is 0 Å². The van der Waals surface area contributed by atoms with E-state index in [0.29, 0.717) is 5.82 Å². The average Bonchev–Trinajstić information content (AvgIpc) is 3.13. The molecule has 1 aliphatic heterocycles. The van der Waals surface area contributed by atoms with Crippen molar-refractivity contribution in [1.82, 2.24) is 10.2 Å². The van der Waals surface area contributed by atoms with Gasteiger partial charge in [-0.15, -0.1) is 10.2 Å². The number of aliphatic hydroxyl groups is 1. The van der Waals surface area contributed by atoms with Crippen LogP contribution in [0.3, 0.4) is 0 Å².